The van der Waals surface area contributed by atoms with Crippen molar-refractivity contribution in [3.8, 4) is 0 Å². The van der Waals surface area contributed by atoms with Gasteiger partial charge in [-0.15, -0.1) is 0 Å². The molecule has 1 aromatic carbocycles. The Balaban J connectivity index is 2.15. The van der Waals surface area contributed by atoms with E-state index in [0.29, 0.717) is 0 Å². The van der Waals surface area contributed by atoms with Crippen LogP contribution in [-0.4, -0.2) is 6.29 Å². The van der Waals surface area contributed by atoms with Crippen LogP contribution in [0.3, 0.4) is 0 Å². The smallest absolute Gasteiger partial charge is 0.130 e. The molecule has 0 aliphatic heterocycles. The maximum absolute atomic E-state index is 11.1. The van der Waals surface area contributed by atoms with E-state index < -0.39 is 0 Å². The Hall–Kier alpha value is -1.11. The number of carbonyl (C=O) groups is 1. The predicted molar refractivity (Wildman–Crippen MR) is 55.4 cm³/mol. The number of hydrogen-bond acceptors (Lipinski definition) is 1. The van der Waals surface area contributed by atoms with Crippen LogP contribution in [-0.2, 0) is 23.1 Å². The molecule has 1 nitrogen and oxygen atoms in total. The second kappa shape index (κ2) is 2.69. The zero-order valence-electron chi connectivity index (χ0n) is 8.25. The maximum atomic E-state index is 11.1. The van der Waals surface area contributed by atoms with Gasteiger partial charge in [-0.1, -0.05) is 18.2 Å². The van der Waals surface area contributed by atoms with Gasteiger partial charge >= 0.3 is 0 Å². The first-order valence-corrected chi connectivity index (χ1v) is 5.43. The second-order valence-electron chi connectivity index (χ2n) is 4.57. The lowest BCUT2D eigenvalue weighted by Gasteiger charge is -2.12. The van der Waals surface area contributed by atoms with E-state index in [1.165, 1.54) is 42.2 Å². The lowest BCUT2D eigenvalue weighted by molar-refractivity contribution is -0.109. The molecule has 3 rings (SSSR count). The molecule has 0 unspecified atom stereocenters. The molecule has 14 heavy (non-hydrogen) atoms. The number of hydrogen-bond donors (Lipinski definition) is 0. The van der Waals surface area contributed by atoms with Gasteiger partial charge in [-0.05, 0) is 48.8 Å². The third kappa shape index (κ3) is 0.985. The van der Waals surface area contributed by atoms with Crippen LogP contribution in [0.25, 0.3) is 0 Å². The summed E-state index contributed by atoms with van der Waals surface area (Å²) in [7, 11) is 0. The van der Waals surface area contributed by atoms with E-state index in [1.54, 1.807) is 0 Å². The van der Waals surface area contributed by atoms with E-state index in [-0.39, 0.29) is 5.41 Å². The summed E-state index contributed by atoms with van der Waals surface area (Å²) in [6.45, 7) is 0. The zero-order chi connectivity index (χ0) is 9.60. The minimum Gasteiger partial charge on any atom is -0.302 e. The van der Waals surface area contributed by atoms with Crippen molar-refractivity contribution in [2.24, 2.45) is 0 Å². The summed E-state index contributed by atoms with van der Waals surface area (Å²) in [5, 5.41) is 0. The Morgan fingerprint density at radius 3 is 2.79 bits per heavy atom. The molecule has 0 saturated heterocycles. The molecule has 1 aromatic rings. The van der Waals surface area contributed by atoms with Crippen molar-refractivity contribution in [3.63, 3.8) is 0 Å². The highest BCUT2D eigenvalue weighted by Gasteiger charge is 2.45. The topological polar surface area (TPSA) is 17.1 Å². The average molecular weight is 186 g/mol. The van der Waals surface area contributed by atoms with Crippen LogP contribution in [0.2, 0.25) is 0 Å². The first kappa shape index (κ1) is 8.22. The Morgan fingerprint density at radius 2 is 2.07 bits per heavy atom. The molecule has 0 aromatic heterocycles. The molecule has 72 valence electrons. The van der Waals surface area contributed by atoms with E-state index in [0.717, 1.165) is 12.8 Å². The SMILES string of the molecule is O=CC1(c2cccc3c2CCC3)CC1. The van der Waals surface area contributed by atoms with Gasteiger partial charge in [-0.3, -0.25) is 0 Å². The highest BCUT2D eigenvalue weighted by atomic mass is 16.1. The molecule has 0 spiro atoms. The zero-order valence-corrected chi connectivity index (χ0v) is 8.25. The van der Waals surface area contributed by atoms with E-state index >= 15 is 0 Å². The number of benzene rings is 1. The third-order valence-electron chi connectivity index (χ3n) is 3.70. The molecule has 1 heteroatoms. The average Bonchev–Trinajstić information content (AvgIpc) is 2.87. The largest absolute Gasteiger partial charge is 0.302 e. The summed E-state index contributed by atoms with van der Waals surface area (Å²) in [6, 6.07) is 6.49. The van der Waals surface area contributed by atoms with Gasteiger partial charge in [0.15, 0.2) is 0 Å². The molecule has 0 amide bonds. The van der Waals surface area contributed by atoms with Crippen LogP contribution in [0.15, 0.2) is 18.2 Å². The van der Waals surface area contributed by atoms with Gasteiger partial charge in [0.05, 0.1) is 5.41 Å². The fourth-order valence-corrected chi connectivity index (χ4v) is 2.67. The van der Waals surface area contributed by atoms with Crippen LogP contribution < -0.4 is 0 Å². The molecule has 0 atom stereocenters. The summed E-state index contributed by atoms with van der Waals surface area (Å²) >= 11 is 0. The standard InChI is InChI=1S/C13H14O/c14-9-13(7-8-13)12-6-2-4-10-3-1-5-11(10)12/h2,4,6,9H,1,3,5,7-8H2. The number of aldehydes is 1. The lowest BCUT2D eigenvalue weighted by atomic mass is 9.91. The van der Waals surface area contributed by atoms with Crippen LogP contribution in [0.5, 0.6) is 0 Å². The van der Waals surface area contributed by atoms with Crippen molar-refractivity contribution in [1.82, 2.24) is 0 Å². The normalized spacial score (nSPS) is 21.7. The second-order valence-corrected chi connectivity index (χ2v) is 4.57. The molecule has 0 bridgehead atoms. The van der Waals surface area contributed by atoms with Crippen molar-refractivity contribution in [2.75, 3.05) is 0 Å². The van der Waals surface area contributed by atoms with Crippen molar-refractivity contribution in [1.29, 1.82) is 0 Å². The van der Waals surface area contributed by atoms with Gasteiger partial charge in [-0.2, -0.15) is 0 Å². The van der Waals surface area contributed by atoms with E-state index in [2.05, 4.69) is 18.2 Å². The van der Waals surface area contributed by atoms with Gasteiger partial charge in [0, 0.05) is 0 Å². The number of fused-ring (bicyclic) bond motifs is 1. The molecular formula is C13H14O. The first-order valence-electron chi connectivity index (χ1n) is 5.43. The Bertz CT molecular complexity index is 388. The van der Waals surface area contributed by atoms with E-state index in [4.69, 9.17) is 0 Å². The minimum absolute atomic E-state index is 0.0737. The summed E-state index contributed by atoms with van der Waals surface area (Å²) in [4.78, 5) is 11.1. The molecule has 1 saturated carbocycles. The monoisotopic (exact) mass is 186 g/mol. The fourth-order valence-electron chi connectivity index (χ4n) is 2.67. The molecule has 0 radical (unpaired) electrons. The van der Waals surface area contributed by atoms with E-state index in [1.807, 2.05) is 0 Å². The summed E-state index contributed by atoms with van der Waals surface area (Å²) in [5.41, 5.74) is 4.23. The minimum atomic E-state index is -0.0737. The van der Waals surface area contributed by atoms with Gasteiger partial charge in [0.1, 0.15) is 6.29 Å². The van der Waals surface area contributed by atoms with Crippen molar-refractivity contribution in [3.05, 3.63) is 34.9 Å². The number of carbonyl (C=O) groups excluding carboxylic acids is 1. The van der Waals surface area contributed by atoms with Crippen molar-refractivity contribution in [2.45, 2.75) is 37.5 Å². The number of rotatable bonds is 2. The Labute approximate surface area is 84.1 Å². The van der Waals surface area contributed by atoms with Crippen molar-refractivity contribution >= 4 is 6.29 Å². The van der Waals surface area contributed by atoms with Crippen LogP contribution in [0, 0.1) is 0 Å². The molecular weight excluding hydrogens is 172 g/mol. The van der Waals surface area contributed by atoms with Crippen LogP contribution in [0.4, 0.5) is 0 Å². The number of aryl methyl sites for hydroxylation is 1. The quantitative estimate of drug-likeness (QED) is 0.648. The Morgan fingerprint density at radius 1 is 1.21 bits per heavy atom. The third-order valence-corrected chi connectivity index (χ3v) is 3.70. The van der Waals surface area contributed by atoms with Crippen molar-refractivity contribution < 1.29 is 4.79 Å². The van der Waals surface area contributed by atoms with Gasteiger partial charge in [0.25, 0.3) is 0 Å². The van der Waals surface area contributed by atoms with Crippen LogP contribution >= 0.6 is 0 Å². The molecule has 2 aliphatic rings. The highest BCUT2D eigenvalue weighted by Crippen LogP contribution is 2.49. The summed E-state index contributed by atoms with van der Waals surface area (Å²) in [6.07, 6.45) is 6.95. The van der Waals surface area contributed by atoms with Gasteiger partial charge < -0.3 is 4.79 Å². The summed E-state index contributed by atoms with van der Waals surface area (Å²) < 4.78 is 0. The molecule has 0 N–H and O–H groups in total. The maximum Gasteiger partial charge on any atom is 0.130 e. The highest BCUT2D eigenvalue weighted by molar-refractivity contribution is 5.74. The fraction of sp³-hybridized carbons (Fsp3) is 0.462. The lowest BCUT2D eigenvalue weighted by Crippen LogP contribution is -2.10. The van der Waals surface area contributed by atoms with Crippen LogP contribution in [0.1, 0.15) is 36.0 Å². The predicted octanol–water partition coefficient (Wildman–Crippen LogP) is 2.41. The molecule has 2 aliphatic carbocycles. The van der Waals surface area contributed by atoms with E-state index in [9.17, 15) is 4.79 Å². The van der Waals surface area contributed by atoms with Gasteiger partial charge in [-0.25, -0.2) is 0 Å². The molecule has 0 heterocycles. The molecule has 1 fully saturated rings. The Kier molecular flexibility index (Phi) is 1.58. The first-order chi connectivity index (χ1) is 6.86. The summed E-state index contributed by atoms with van der Waals surface area (Å²) in [5.74, 6) is 0. The van der Waals surface area contributed by atoms with Gasteiger partial charge in [0.2, 0.25) is 0 Å².